The van der Waals surface area contributed by atoms with Crippen molar-refractivity contribution in [2.45, 2.75) is 37.5 Å². The van der Waals surface area contributed by atoms with Gasteiger partial charge in [0.15, 0.2) is 0 Å². The molecule has 0 saturated heterocycles. The standard InChI is InChI=1S/2C18H18N4O6S.Cr.Na/c2*1-10-5-3-4-6-14(10)20-17(24)16(11(2)23)22-21-15-9-12(29(19,27)28)7-8-13(15)18(25)26;;/h2*3-9,23H,1-2H3,(H,20,24)(H,25,26)(H2,19,27,28);;/q;;+3;+1/p-4. The quantitative estimate of drug-likeness (QED) is 0.0313. The summed E-state index contributed by atoms with van der Waals surface area (Å²) >= 11 is 0. The Morgan fingerprint density at radius 1 is 0.650 bits per heavy atom. The molecule has 0 spiro atoms. The topological polar surface area (TPSA) is 358 Å². The summed E-state index contributed by atoms with van der Waals surface area (Å²) in [5.74, 6) is -6.41. The molecule has 4 aromatic carbocycles. The van der Waals surface area contributed by atoms with Crippen molar-refractivity contribution in [3.8, 4) is 0 Å². The molecular weight excluding hydrogens is 876 g/mol. The molecule has 6 N–H and O–H groups in total. The van der Waals surface area contributed by atoms with Gasteiger partial charge in [0.2, 0.25) is 20.0 Å². The third kappa shape index (κ3) is 14.9. The largest absolute Gasteiger partial charge is 3.00 e. The summed E-state index contributed by atoms with van der Waals surface area (Å²) in [5, 5.41) is 83.3. The van der Waals surface area contributed by atoms with Crippen molar-refractivity contribution < 1.29 is 104 Å². The van der Waals surface area contributed by atoms with E-state index in [9.17, 15) is 56.8 Å². The molecule has 60 heavy (non-hydrogen) atoms. The van der Waals surface area contributed by atoms with Gasteiger partial charge in [-0.2, -0.15) is 5.11 Å². The minimum absolute atomic E-state index is 0. The van der Waals surface area contributed by atoms with E-state index < -0.39 is 87.7 Å². The van der Waals surface area contributed by atoms with E-state index in [4.69, 9.17) is 10.3 Å². The second-order valence-electron chi connectivity index (χ2n) is 11.7. The van der Waals surface area contributed by atoms with Crippen molar-refractivity contribution in [2.75, 3.05) is 5.32 Å². The third-order valence-corrected chi connectivity index (χ3v) is 9.20. The number of azo groups is 2. The SMILES string of the molecule is CC([O-])=C(N=Nc1cc(S(N)(=O)=O)ccc1C(=O)O)C(=O)Nc1ccccc1C.CC([O-])=C(N=Nc1cc(S(N)(=O)=O)ccc1C(=O)[O-])C([O-])=Nc1ccccc1C.[Cr+3].[Na+]. The molecule has 24 heteroatoms. The predicted octanol–water partition coefficient (Wildman–Crippen LogP) is -1.57. The summed E-state index contributed by atoms with van der Waals surface area (Å²) in [4.78, 5) is 38.0. The number of aliphatic imine (C=N–C) groups is 1. The van der Waals surface area contributed by atoms with Crippen molar-refractivity contribution in [3.05, 3.63) is 130 Å². The maximum absolute atomic E-state index is 12.4. The van der Waals surface area contributed by atoms with Crippen LogP contribution in [0.3, 0.4) is 0 Å². The Morgan fingerprint density at radius 2 is 1.10 bits per heavy atom. The number of allylic oxidation sites excluding steroid dienone is 2. The maximum Gasteiger partial charge on any atom is 3.00 e. The van der Waals surface area contributed by atoms with E-state index in [-0.39, 0.29) is 58.2 Å². The third-order valence-electron chi connectivity index (χ3n) is 7.38. The average molecular weight is 908 g/mol. The molecule has 4 aromatic rings. The zero-order chi connectivity index (χ0) is 43.5. The van der Waals surface area contributed by atoms with Crippen molar-refractivity contribution in [3.63, 3.8) is 0 Å². The number of sulfonamides is 2. The molecular formula is C36H32CrN8NaO12S2. The van der Waals surface area contributed by atoms with Gasteiger partial charge in [0.05, 0.1) is 38.4 Å². The van der Waals surface area contributed by atoms with Gasteiger partial charge in [-0.05, 0) is 73.5 Å². The average Bonchev–Trinajstić information content (AvgIpc) is 3.12. The molecule has 307 valence electrons. The van der Waals surface area contributed by atoms with E-state index in [2.05, 4.69) is 30.8 Å². The van der Waals surface area contributed by atoms with Crippen LogP contribution < -0.4 is 65.6 Å². The maximum atomic E-state index is 12.4. The second-order valence-corrected chi connectivity index (χ2v) is 14.8. The first-order valence-electron chi connectivity index (χ1n) is 16.1. The summed E-state index contributed by atoms with van der Waals surface area (Å²) in [6, 6.07) is 19.1. The Hall–Kier alpha value is -5.61. The number of nitrogens with two attached hydrogens (primary N) is 2. The Morgan fingerprint density at radius 3 is 1.55 bits per heavy atom. The van der Waals surface area contributed by atoms with Gasteiger partial charge in [-0.3, -0.25) is 9.79 Å². The van der Waals surface area contributed by atoms with Crippen LogP contribution in [0.1, 0.15) is 45.7 Å². The van der Waals surface area contributed by atoms with E-state index >= 15 is 0 Å². The van der Waals surface area contributed by atoms with Crippen molar-refractivity contribution in [2.24, 2.45) is 35.7 Å². The first-order chi connectivity index (χ1) is 27.0. The van der Waals surface area contributed by atoms with Crippen LogP contribution in [0.15, 0.2) is 143 Å². The molecule has 1 amide bonds. The minimum atomic E-state index is -4.16. The molecule has 0 fully saturated rings. The summed E-state index contributed by atoms with van der Waals surface area (Å²) in [5.41, 5.74) is -0.798. The minimum Gasteiger partial charge on any atom is -0.874 e. The van der Waals surface area contributed by atoms with Gasteiger partial charge in [-0.1, -0.05) is 50.2 Å². The van der Waals surface area contributed by atoms with E-state index in [1.807, 2.05) is 0 Å². The number of rotatable bonds is 12. The zero-order valence-electron chi connectivity index (χ0n) is 32.1. The molecule has 0 unspecified atom stereocenters. The number of benzene rings is 4. The summed E-state index contributed by atoms with van der Waals surface area (Å²) in [6.07, 6.45) is 0. The number of carboxylic acids is 2. The van der Waals surface area contributed by atoms with Crippen molar-refractivity contribution in [1.82, 2.24) is 0 Å². The molecule has 0 aliphatic heterocycles. The Balaban J connectivity index is 0.000000581. The van der Waals surface area contributed by atoms with Crippen LogP contribution in [0.4, 0.5) is 22.7 Å². The van der Waals surface area contributed by atoms with Crippen LogP contribution in [0.25, 0.3) is 0 Å². The fourth-order valence-electron chi connectivity index (χ4n) is 4.39. The van der Waals surface area contributed by atoms with Gasteiger partial charge in [0.25, 0.3) is 5.91 Å². The number of anilines is 1. The number of carbonyl (C=O) groups excluding carboxylic acids is 2. The number of carbonyl (C=O) groups is 3. The van der Waals surface area contributed by atoms with Gasteiger partial charge < -0.3 is 35.6 Å². The van der Waals surface area contributed by atoms with Gasteiger partial charge in [-0.15, -0.1) is 26.9 Å². The number of carboxylic acid groups (broad SMARTS) is 2. The van der Waals surface area contributed by atoms with Crippen LogP contribution in [-0.2, 0) is 42.2 Å². The fourth-order valence-corrected chi connectivity index (χ4v) is 5.46. The predicted molar refractivity (Wildman–Crippen MR) is 199 cm³/mol. The number of para-hydroxylation sites is 2. The van der Waals surface area contributed by atoms with Crippen LogP contribution in [-0.4, -0.2) is 45.7 Å². The second kappa shape index (κ2) is 22.7. The molecule has 1 radical (unpaired) electrons. The Labute approximate surface area is 376 Å². The number of aromatic carboxylic acids is 2. The van der Waals surface area contributed by atoms with Gasteiger partial charge in [0, 0.05) is 17.1 Å². The molecule has 0 aliphatic carbocycles. The number of hydrogen-bond donors (Lipinski definition) is 4. The zero-order valence-corrected chi connectivity index (χ0v) is 37.0. The number of nitrogens with zero attached hydrogens (tertiary/aromatic N) is 5. The Kier molecular flexibility index (Phi) is 19.8. The molecule has 0 bridgehead atoms. The smallest absolute Gasteiger partial charge is 0.874 e. The van der Waals surface area contributed by atoms with Crippen LogP contribution in [0.5, 0.6) is 0 Å². The number of hydrogen-bond acceptors (Lipinski definition) is 16. The van der Waals surface area contributed by atoms with Crippen LogP contribution >= 0.6 is 0 Å². The van der Waals surface area contributed by atoms with Crippen LogP contribution in [0.2, 0.25) is 0 Å². The van der Waals surface area contributed by atoms with E-state index in [1.165, 1.54) is 0 Å². The molecule has 0 aromatic heterocycles. The van der Waals surface area contributed by atoms with Gasteiger partial charge in [-0.25, -0.2) is 31.9 Å². The fraction of sp³-hybridized carbons (Fsp3) is 0.111. The summed E-state index contributed by atoms with van der Waals surface area (Å²) in [6.45, 7) is 5.61. The van der Waals surface area contributed by atoms with Crippen LogP contribution in [0, 0.1) is 13.8 Å². The van der Waals surface area contributed by atoms with Gasteiger partial charge >= 0.3 is 52.9 Å². The van der Waals surface area contributed by atoms with E-state index in [1.54, 1.807) is 62.4 Å². The first-order valence-corrected chi connectivity index (χ1v) is 19.2. The Bertz CT molecular complexity index is 2660. The number of aryl methyl sites for hydroxylation is 2. The normalized spacial score (nSPS) is 12.5. The van der Waals surface area contributed by atoms with Gasteiger partial charge in [0.1, 0.15) is 11.4 Å². The molecule has 20 nitrogen and oxygen atoms in total. The molecule has 4 rings (SSSR count). The molecule has 0 aliphatic rings. The van der Waals surface area contributed by atoms with E-state index in [0.717, 1.165) is 55.8 Å². The van der Waals surface area contributed by atoms with Crippen molar-refractivity contribution in [1.29, 1.82) is 0 Å². The number of nitrogens with one attached hydrogen (secondary N) is 1. The number of primary sulfonamides is 2. The monoisotopic (exact) mass is 907 g/mol. The molecule has 0 heterocycles. The van der Waals surface area contributed by atoms with Crippen molar-refractivity contribution >= 4 is 66.5 Å². The molecule has 0 atom stereocenters. The molecule has 0 saturated carbocycles. The summed E-state index contributed by atoms with van der Waals surface area (Å²) in [7, 11) is -8.29. The number of amides is 1. The van der Waals surface area contributed by atoms with E-state index in [0.29, 0.717) is 16.9 Å². The first kappa shape index (κ1) is 52.4. The summed E-state index contributed by atoms with van der Waals surface area (Å²) < 4.78 is 45.9.